The third-order valence-corrected chi connectivity index (χ3v) is 3.64. The van der Waals surface area contributed by atoms with E-state index in [0.717, 1.165) is 5.25 Å². The van der Waals surface area contributed by atoms with Gasteiger partial charge in [-0.15, -0.1) is 11.8 Å². The summed E-state index contributed by atoms with van der Waals surface area (Å²) in [6.07, 6.45) is 5.67. The molecule has 0 atom stereocenters. The van der Waals surface area contributed by atoms with Crippen molar-refractivity contribution >= 4 is 11.8 Å². The van der Waals surface area contributed by atoms with Gasteiger partial charge in [-0.05, 0) is 31.0 Å². The van der Waals surface area contributed by atoms with E-state index in [0.29, 0.717) is 0 Å². The van der Waals surface area contributed by atoms with Gasteiger partial charge < -0.3 is 0 Å². The first-order chi connectivity index (χ1) is 5.95. The fourth-order valence-electron chi connectivity index (χ4n) is 1.65. The van der Waals surface area contributed by atoms with Crippen molar-refractivity contribution in [3.8, 4) is 0 Å². The number of hydrogen-bond acceptors (Lipinski definition) is 1. The highest BCUT2D eigenvalue weighted by atomic mass is 32.2. The normalized spacial score (nSPS) is 18.3. The van der Waals surface area contributed by atoms with Gasteiger partial charge in [0.15, 0.2) is 0 Å². The molecule has 0 nitrogen and oxygen atoms in total. The SMILES string of the molecule is [c]1ccc(SC2CCCC2)cc1. The van der Waals surface area contributed by atoms with Gasteiger partial charge in [0.05, 0.1) is 0 Å². The largest absolute Gasteiger partial charge is 0.123 e. The third-order valence-electron chi connectivity index (χ3n) is 2.29. The molecule has 0 heterocycles. The number of rotatable bonds is 2. The Morgan fingerprint density at radius 1 is 1.17 bits per heavy atom. The standard InChI is InChI=1S/C11H13S/c1-2-6-10(7-3-1)12-11-8-4-5-9-11/h2-3,6-7,11H,4-5,8-9H2. The van der Waals surface area contributed by atoms with Crippen molar-refractivity contribution in [3.63, 3.8) is 0 Å². The first-order valence-corrected chi connectivity index (χ1v) is 5.46. The maximum Gasteiger partial charge on any atom is 0.00944 e. The van der Waals surface area contributed by atoms with Gasteiger partial charge in [-0.3, -0.25) is 0 Å². The highest BCUT2D eigenvalue weighted by Gasteiger charge is 2.15. The Morgan fingerprint density at radius 2 is 1.83 bits per heavy atom. The summed E-state index contributed by atoms with van der Waals surface area (Å²) < 4.78 is 0. The fourth-order valence-corrected chi connectivity index (χ4v) is 2.90. The summed E-state index contributed by atoms with van der Waals surface area (Å²) in [6, 6.07) is 11.4. The summed E-state index contributed by atoms with van der Waals surface area (Å²) in [5.74, 6) is 0. The molecule has 1 aliphatic rings. The quantitative estimate of drug-likeness (QED) is 0.666. The molecule has 63 valence electrons. The van der Waals surface area contributed by atoms with Crippen molar-refractivity contribution in [1.29, 1.82) is 0 Å². The summed E-state index contributed by atoms with van der Waals surface area (Å²) in [7, 11) is 0. The van der Waals surface area contributed by atoms with E-state index in [2.05, 4.69) is 18.2 Å². The molecule has 0 bridgehead atoms. The summed E-state index contributed by atoms with van der Waals surface area (Å²) in [4.78, 5) is 1.40. The molecule has 1 saturated carbocycles. The zero-order valence-electron chi connectivity index (χ0n) is 7.12. The average molecular weight is 177 g/mol. The van der Waals surface area contributed by atoms with Crippen LogP contribution >= 0.6 is 11.8 Å². The molecule has 0 amide bonds. The molecule has 0 unspecified atom stereocenters. The van der Waals surface area contributed by atoms with Crippen LogP contribution in [0.25, 0.3) is 0 Å². The average Bonchev–Trinajstić information content (AvgIpc) is 2.59. The van der Waals surface area contributed by atoms with E-state index in [9.17, 15) is 0 Å². The highest BCUT2D eigenvalue weighted by molar-refractivity contribution is 8.00. The first kappa shape index (κ1) is 8.18. The van der Waals surface area contributed by atoms with Crippen molar-refractivity contribution in [2.75, 3.05) is 0 Å². The van der Waals surface area contributed by atoms with Gasteiger partial charge >= 0.3 is 0 Å². The molecule has 1 radical (unpaired) electrons. The summed E-state index contributed by atoms with van der Waals surface area (Å²) in [5.41, 5.74) is 0. The number of benzene rings is 1. The highest BCUT2D eigenvalue weighted by Crippen LogP contribution is 2.34. The predicted octanol–water partition coefficient (Wildman–Crippen LogP) is 3.52. The maximum atomic E-state index is 3.04. The molecular weight excluding hydrogens is 164 g/mol. The molecule has 1 aliphatic carbocycles. The topological polar surface area (TPSA) is 0 Å². The fraction of sp³-hybridized carbons (Fsp3) is 0.455. The lowest BCUT2D eigenvalue weighted by molar-refractivity contribution is 0.886. The Bertz CT molecular complexity index is 224. The minimum absolute atomic E-state index is 0.882. The lowest BCUT2D eigenvalue weighted by atomic mass is 10.4. The second kappa shape index (κ2) is 3.99. The van der Waals surface area contributed by atoms with Crippen LogP contribution in [0.1, 0.15) is 25.7 Å². The first-order valence-electron chi connectivity index (χ1n) is 4.58. The van der Waals surface area contributed by atoms with E-state index in [-0.39, 0.29) is 0 Å². The molecule has 0 spiro atoms. The van der Waals surface area contributed by atoms with E-state index in [1.165, 1.54) is 30.6 Å². The second-order valence-electron chi connectivity index (χ2n) is 3.26. The van der Waals surface area contributed by atoms with E-state index in [1.807, 2.05) is 23.9 Å². The van der Waals surface area contributed by atoms with Crippen LogP contribution in [0.5, 0.6) is 0 Å². The smallest absolute Gasteiger partial charge is 0.00944 e. The Labute approximate surface area is 78.4 Å². The van der Waals surface area contributed by atoms with Crippen LogP contribution in [0.4, 0.5) is 0 Å². The molecule has 12 heavy (non-hydrogen) atoms. The van der Waals surface area contributed by atoms with Gasteiger partial charge in [0, 0.05) is 10.1 Å². The van der Waals surface area contributed by atoms with Gasteiger partial charge in [-0.25, -0.2) is 0 Å². The molecule has 1 aromatic rings. The Morgan fingerprint density at radius 3 is 2.50 bits per heavy atom. The van der Waals surface area contributed by atoms with Gasteiger partial charge in [0.1, 0.15) is 0 Å². The second-order valence-corrected chi connectivity index (χ2v) is 4.63. The van der Waals surface area contributed by atoms with Gasteiger partial charge in [-0.1, -0.05) is 25.0 Å². The summed E-state index contributed by atoms with van der Waals surface area (Å²) >= 11 is 2.03. The molecule has 2 rings (SSSR count). The predicted molar refractivity (Wildman–Crippen MR) is 53.4 cm³/mol. The lowest BCUT2D eigenvalue weighted by Gasteiger charge is -2.07. The minimum atomic E-state index is 0.882. The van der Waals surface area contributed by atoms with Crippen molar-refractivity contribution in [1.82, 2.24) is 0 Å². The van der Waals surface area contributed by atoms with Gasteiger partial charge in [-0.2, -0.15) is 0 Å². The Kier molecular flexibility index (Phi) is 2.72. The molecule has 0 aromatic heterocycles. The van der Waals surface area contributed by atoms with Crippen LogP contribution in [0.15, 0.2) is 29.2 Å². The van der Waals surface area contributed by atoms with Crippen LogP contribution in [0.3, 0.4) is 0 Å². The number of hydrogen-bond donors (Lipinski definition) is 0. The molecule has 1 fully saturated rings. The molecule has 1 heteroatoms. The van der Waals surface area contributed by atoms with Crippen molar-refractivity contribution in [2.45, 2.75) is 35.8 Å². The van der Waals surface area contributed by atoms with Crippen LogP contribution in [-0.2, 0) is 0 Å². The van der Waals surface area contributed by atoms with Crippen LogP contribution in [-0.4, -0.2) is 5.25 Å². The van der Waals surface area contributed by atoms with E-state index < -0.39 is 0 Å². The van der Waals surface area contributed by atoms with Crippen LogP contribution in [0.2, 0.25) is 0 Å². The van der Waals surface area contributed by atoms with Crippen molar-refractivity contribution in [2.24, 2.45) is 0 Å². The minimum Gasteiger partial charge on any atom is -0.123 e. The molecular formula is C11H13S. The zero-order valence-corrected chi connectivity index (χ0v) is 7.94. The Balaban J connectivity index is 1.94. The molecule has 0 N–H and O–H groups in total. The van der Waals surface area contributed by atoms with Crippen molar-refractivity contribution in [3.05, 3.63) is 30.3 Å². The molecule has 1 aromatic carbocycles. The van der Waals surface area contributed by atoms with Crippen molar-refractivity contribution < 1.29 is 0 Å². The number of thioether (sulfide) groups is 1. The van der Waals surface area contributed by atoms with E-state index >= 15 is 0 Å². The lowest BCUT2D eigenvalue weighted by Crippen LogP contribution is -1.92. The van der Waals surface area contributed by atoms with Gasteiger partial charge in [0.2, 0.25) is 0 Å². The maximum absolute atomic E-state index is 3.04. The summed E-state index contributed by atoms with van der Waals surface area (Å²) in [5, 5.41) is 0.882. The van der Waals surface area contributed by atoms with Gasteiger partial charge in [0.25, 0.3) is 0 Å². The van der Waals surface area contributed by atoms with Crippen LogP contribution in [0, 0.1) is 6.07 Å². The van der Waals surface area contributed by atoms with E-state index in [4.69, 9.17) is 0 Å². The molecule has 0 aliphatic heterocycles. The third kappa shape index (κ3) is 2.04. The zero-order chi connectivity index (χ0) is 8.23. The van der Waals surface area contributed by atoms with E-state index in [1.54, 1.807) is 0 Å². The summed E-state index contributed by atoms with van der Waals surface area (Å²) in [6.45, 7) is 0. The monoisotopic (exact) mass is 177 g/mol. The Hall–Kier alpha value is -0.430. The van der Waals surface area contributed by atoms with Crippen LogP contribution < -0.4 is 0 Å². The molecule has 0 saturated heterocycles.